The molecular formula is C60H70N12OS. The van der Waals surface area contributed by atoms with Gasteiger partial charge in [-0.3, -0.25) is 15.0 Å². The molecular weight excluding hydrogens is 937 g/mol. The zero-order chi connectivity index (χ0) is 48.8. The van der Waals surface area contributed by atoms with E-state index >= 15 is 0 Å². The van der Waals surface area contributed by atoms with Crippen molar-refractivity contribution in [2.45, 2.75) is 91.0 Å². The van der Waals surface area contributed by atoms with Crippen LogP contribution in [0.2, 0.25) is 0 Å². The van der Waals surface area contributed by atoms with E-state index in [9.17, 15) is 0 Å². The number of aromatic amines is 1. The van der Waals surface area contributed by atoms with Gasteiger partial charge in [-0.2, -0.15) is 5.10 Å². The molecule has 74 heavy (non-hydrogen) atoms. The molecule has 0 aliphatic carbocycles. The molecule has 382 valence electrons. The summed E-state index contributed by atoms with van der Waals surface area (Å²) in [6.07, 6.45) is 13.3. The number of nitrogens with one attached hydrogen (secondary N) is 1. The van der Waals surface area contributed by atoms with Crippen LogP contribution >= 0.6 is 11.3 Å². The highest BCUT2D eigenvalue weighted by Gasteiger charge is 2.10. The molecule has 11 heterocycles. The number of aromatic nitrogens is 10. The minimum atomic E-state index is 0. The van der Waals surface area contributed by atoms with E-state index in [1.807, 2.05) is 185 Å². The molecule has 2 aliphatic heterocycles. The molecule has 14 heteroatoms. The number of thiazole rings is 1. The maximum Gasteiger partial charge on any atom is 0.192 e. The van der Waals surface area contributed by atoms with Gasteiger partial charge in [0.05, 0.1) is 55.2 Å². The predicted octanol–water partition coefficient (Wildman–Crippen LogP) is 15.9. The van der Waals surface area contributed by atoms with Gasteiger partial charge in [-0.1, -0.05) is 84.3 Å². The van der Waals surface area contributed by atoms with E-state index in [2.05, 4.69) is 87.2 Å². The molecule has 14 rings (SSSR count). The summed E-state index contributed by atoms with van der Waals surface area (Å²) in [7, 11) is 0. The number of hydrogen-bond acceptors (Lipinski definition) is 11. The molecule has 3 aromatic carbocycles. The van der Waals surface area contributed by atoms with Crippen molar-refractivity contribution in [2.75, 3.05) is 0 Å². The van der Waals surface area contributed by atoms with Crippen LogP contribution in [0.5, 0.6) is 0 Å². The summed E-state index contributed by atoms with van der Waals surface area (Å²) in [5.74, 6) is 1.63. The van der Waals surface area contributed by atoms with Gasteiger partial charge in [0.15, 0.2) is 17.1 Å². The number of fused-ring (bicyclic) bond motifs is 7. The molecule has 13 nitrogen and oxygen atoms in total. The third-order valence-electron chi connectivity index (χ3n) is 10.5. The smallest absolute Gasteiger partial charge is 0.192 e. The van der Waals surface area contributed by atoms with Crippen LogP contribution in [0.25, 0.3) is 43.6 Å². The van der Waals surface area contributed by atoms with Gasteiger partial charge in [0.25, 0.3) is 0 Å². The van der Waals surface area contributed by atoms with Crippen molar-refractivity contribution in [1.82, 2.24) is 48.9 Å². The van der Waals surface area contributed by atoms with Gasteiger partial charge in [-0.05, 0) is 132 Å². The minimum absolute atomic E-state index is 0. The van der Waals surface area contributed by atoms with Crippen molar-refractivity contribution < 1.29 is 4.42 Å². The van der Waals surface area contributed by atoms with Gasteiger partial charge < -0.3 is 13.8 Å². The third-order valence-corrected chi connectivity index (χ3v) is 11.5. The molecule has 0 saturated heterocycles. The Morgan fingerprint density at radius 1 is 0.581 bits per heavy atom. The van der Waals surface area contributed by atoms with Gasteiger partial charge in [-0.25, -0.2) is 29.4 Å². The van der Waals surface area contributed by atoms with Crippen molar-refractivity contribution >= 4 is 77.8 Å². The Balaban J connectivity index is 0.000000185. The molecule has 2 aliphatic rings. The topological polar surface area (TPSA) is 153 Å². The second-order valence-electron chi connectivity index (χ2n) is 16.5. The monoisotopic (exact) mass is 1010 g/mol. The first-order valence-electron chi connectivity index (χ1n) is 22.8. The maximum absolute atomic E-state index is 5.26. The number of H-pyrrole nitrogens is 1. The lowest BCUT2D eigenvalue weighted by Gasteiger charge is -1.91. The highest BCUT2D eigenvalue weighted by molar-refractivity contribution is 7.18. The fraction of sp³-hybridized carbons (Fsp3) is 0.217. The second kappa shape index (κ2) is 27.9. The van der Waals surface area contributed by atoms with Gasteiger partial charge in [-0.15, -0.1) is 11.3 Å². The van der Waals surface area contributed by atoms with Crippen LogP contribution in [0.4, 0.5) is 11.4 Å². The van der Waals surface area contributed by atoms with E-state index in [-0.39, 0.29) is 29.7 Å². The molecule has 0 atom stereocenters. The maximum atomic E-state index is 5.26. The number of pyridine rings is 4. The lowest BCUT2D eigenvalue weighted by molar-refractivity contribution is 0.561. The Hall–Kier alpha value is -8.49. The van der Waals surface area contributed by atoms with Gasteiger partial charge in [0.1, 0.15) is 17.0 Å². The van der Waals surface area contributed by atoms with E-state index < -0.39 is 0 Å². The summed E-state index contributed by atoms with van der Waals surface area (Å²) >= 11 is 1.74. The van der Waals surface area contributed by atoms with Crippen LogP contribution in [0.15, 0.2) is 185 Å². The summed E-state index contributed by atoms with van der Waals surface area (Å²) in [4.78, 5) is 36.7. The van der Waals surface area contributed by atoms with Crippen molar-refractivity contribution in [3.8, 4) is 0 Å². The molecule has 0 radical (unpaired) electrons. The minimum Gasteiger partial charge on any atom is -0.441 e. The summed E-state index contributed by atoms with van der Waals surface area (Å²) in [5, 5.41) is 5.37. The summed E-state index contributed by atoms with van der Waals surface area (Å²) < 4.78 is 10.4. The van der Waals surface area contributed by atoms with E-state index in [0.29, 0.717) is 0 Å². The average Bonchev–Trinajstić information content (AvgIpc) is 4.23. The van der Waals surface area contributed by atoms with Crippen LogP contribution in [0, 0.1) is 34.6 Å². The van der Waals surface area contributed by atoms with Crippen molar-refractivity contribution in [3.63, 3.8) is 0 Å². The van der Waals surface area contributed by atoms with Crippen LogP contribution in [0.1, 0.15) is 82.8 Å². The second-order valence-corrected chi connectivity index (χ2v) is 17.7. The van der Waals surface area contributed by atoms with Gasteiger partial charge in [0.2, 0.25) is 0 Å². The van der Waals surface area contributed by atoms with Crippen LogP contribution in [0.3, 0.4) is 0 Å². The molecule has 0 saturated carbocycles. The Morgan fingerprint density at radius 3 is 1.97 bits per heavy atom. The number of benzene rings is 3. The molecule has 9 aromatic heterocycles. The average molecular weight is 1010 g/mol. The molecule has 1 N–H and O–H groups in total. The van der Waals surface area contributed by atoms with Gasteiger partial charge >= 0.3 is 0 Å². The van der Waals surface area contributed by atoms with Crippen molar-refractivity contribution in [1.29, 1.82) is 0 Å². The third kappa shape index (κ3) is 16.0. The van der Waals surface area contributed by atoms with E-state index in [4.69, 9.17) is 4.42 Å². The van der Waals surface area contributed by atoms with Crippen LogP contribution in [-0.4, -0.2) is 60.3 Å². The Kier molecular flexibility index (Phi) is 21.9. The zero-order valence-corrected chi connectivity index (χ0v) is 41.1. The molecule has 0 amide bonds. The molecule has 0 unspecified atom stereocenters. The van der Waals surface area contributed by atoms with Crippen molar-refractivity contribution in [3.05, 3.63) is 210 Å². The first-order valence-corrected chi connectivity index (χ1v) is 23.7. The summed E-state index contributed by atoms with van der Waals surface area (Å²) in [6, 6.07) is 44.1. The molecule has 12 aromatic rings. The molecule has 0 bridgehead atoms. The number of nitrogens with zero attached hydrogens (tertiary/aromatic N) is 11. The highest BCUT2D eigenvalue weighted by Crippen LogP contribution is 2.26. The predicted molar refractivity (Wildman–Crippen MR) is 312 cm³/mol. The Labute approximate surface area is 440 Å². The highest BCUT2D eigenvalue weighted by atomic mass is 32.1. The molecule has 0 fully saturated rings. The fourth-order valence-electron chi connectivity index (χ4n) is 7.54. The summed E-state index contributed by atoms with van der Waals surface area (Å²) in [6.45, 7) is 13.9. The van der Waals surface area contributed by atoms with Crippen molar-refractivity contribution in [2.24, 2.45) is 9.98 Å². The number of rotatable bonds is 0. The first kappa shape index (κ1) is 58.1. The fourth-order valence-corrected chi connectivity index (χ4v) is 8.37. The van der Waals surface area contributed by atoms with Gasteiger partial charge in [0, 0.05) is 62.2 Å². The zero-order valence-electron chi connectivity index (χ0n) is 40.3. The largest absolute Gasteiger partial charge is 0.441 e. The van der Waals surface area contributed by atoms with E-state index in [0.717, 1.165) is 91.3 Å². The van der Waals surface area contributed by atoms with E-state index in [1.165, 1.54) is 27.3 Å². The Bertz CT molecular complexity index is 3040. The number of imidazole rings is 2. The number of oxazole rings is 1. The number of aliphatic imine (C=N–C) groups is 2. The van der Waals surface area contributed by atoms with Crippen LogP contribution in [-0.2, 0) is 12.8 Å². The standard InChI is InChI=1S/C9H9N.3C8H8N2.C8H7NO.C8H7NS.C7H7N3.4CH4/c1-7-6-8-4-2-3-5-9(8)10-7;1-6-4-7-2-3-9-5-8(7)10-6;1-7-6-10-5-3-2-4-8(10)9-7;1-7-6-8-4-2-3-5-10(8)9-7;2*1-6-9-7-4-2-3-5-8(7)10-6;1-5-9-6-3-2-4-8-7(6)10-5;;;;/h2-5H,6H2,1H3;2-3,5H,4H2,1H3;2*2-6H,1H3;2*2-5H,1H3;2-4H,1H3,(H,8,9,10);4*1H4. The lowest BCUT2D eigenvalue weighted by Crippen LogP contribution is -1.87. The normalized spacial score (nSPS) is 11.1. The number of hydrogen-bond donors (Lipinski definition) is 1. The van der Waals surface area contributed by atoms with Crippen LogP contribution < -0.4 is 0 Å². The number of aryl methyl sites for hydroxylation is 5. The SMILES string of the molecule is C.C.C.C.CC1=Nc2ccccc2C1.CC1=Nc2cnccc2C1.Cc1cc2ccccn2n1.Cc1cn2ccccc2n1.Cc1nc2ccccc2o1.Cc1nc2ccccc2s1.Cc1nc2ncccc2[nH]1. The van der Waals surface area contributed by atoms with E-state index in [1.54, 1.807) is 17.5 Å². The lowest BCUT2D eigenvalue weighted by atomic mass is 10.1. The number of para-hydroxylation sites is 4. The first-order chi connectivity index (χ1) is 34.0. The summed E-state index contributed by atoms with van der Waals surface area (Å²) in [5.41, 5.74) is 16.2. The quantitative estimate of drug-likeness (QED) is 0.158. The molecule has 0 spiro atoms. The Morgan fingerprint density at radius 2 is 1.26 bits per heavy atom.